The van der Waals surface area contributed by atoms with Gasteiger partial charge in [0.05, 0.1) is 21.8 Å². The normalized spacial score (nSPS) is 10.8. The van der Waals surface area contributed by atoms with Crippen LogP contribution in [0.1, 0.15) is 27.9 Å². The second kappa shape index (κ2) is 6.93. The molecule has 2 heterocycles. The van der Waals surface area contributed by atoms with Crippen LogP contribution in [-0.2, 0) is 12.8 Å². The molecule has 0 radical (unpaired) electrons. The van der Waals surface area contributed by atoms with Crippen molar-refractivity contribution in [2.75, 3.05) is 11.9 Å². The lowest BCUT2D eigenvalue weighted by Crippen LogP contribution is -2.07. The average Bonchev–Trinajstić information content (AvgIpc) is 3.03. The molecule has 0 amide bonds. The fraction of sp³-hybridized carbons (Fsp3) is 0.278. The lowest BCUT2D eigenvalue weighted by molar-refractivity contribution is 0.628. The molecule has 0 aliphatic carbocycles. The molecule has 0 atom stereocenters. The summed E-state index contributed by atoms with van der Waals surface area (Å²) < 4.78 is 13.8. The summed E-state index contributed by atoms with van der Waals surface area (Å²) in [4.78, 5) is 9.95. The highest BCUT2D eigenvalue weighted by molar-refractivity contribution is 7.11. The number of nitriles is 1. The van der Waals surface area contributed by atoms with E-state index in [1.54, 1.807) is 11.3 Å². The van der Waals surface area contributed by atoms with Crippen LogP contribution in [-0.4, -0.2) is 16.5 Å². The van der Waals surface area contributed by atoms with Gasteiger partial charge in [0.2, 0.25) is 0 Å². The number of nitrogens with one attached hydrogen (secondary N) is 1. The summed E-state index contributed by atoms with van der Waals surface area (Å²) >= 11 is 1.70. The Bertz CT molecular complexity index is 927. The lowest BCUT2D eigenvalue weighted by atomic mass is 10.1. The maximum atomic E-state index is 13.8. The minimum Gasteiger partial charge on any atom is -0.383 e. The molecule has 0 bridgehead atoms. The van der Waals surface area contributed by atoms with Crippen molar-refractivity contribution in [2.45, 2.75) is 26.7 Å². The number of benzene rings is 1. The zero-order chi connectivity index (χ0) is 17.1. The Morgan fingerprint density at radius 1 is 1.29 bits per heavy atom. The van der Waals surface area contributed by atoms with E-state index in [0.29, 0.717) is 28.7 Å². The summed E-state index contributed by atoms with van der Waals surface area (Å²) in [6.45, 7) is 4.55. The number of hydrogen-bond donors (Lipinski definition) is 1. The average molecular weight is 340 g/mol. The molecule has 24 heavy (non-hydrogen) atoms. The summed E-state index contributed by atoms with van der Waals surface area (Å²) in [5, 5.41) is 14.3. The van der Waals surface area contributed by atoms with Gasteiger partial charge in [-0.2, -0.15) is 5.26 Å². The standard InChI is InChI=1S/C18H17FN4S/c1-3-14-10-22-16(24-14)4-5-21-18-12(8-20)9-23-17-11(2)6-13(19)7-15(17)18/h6-7,9-10H,3-5H2,1-2H3,(H,21,23). The molecule has 1 aromatic carbocycles. The van der Waals surface area contributed by atoms with Crippen molar-refractivity contribution in [1.82, 2.24) is 9.97 Å². The number of aromatic nitrogens is 2. The highest BCUT2D eigenvalue weighted by atomic mass is 32.1. The second-order valence-electron chi connectivity index (χ2n) is 5.53. The minimum absolute atomic E-state index is 0.326. The van der Waals surface area contributed by atoms with Crippen LogP contribution in [0.4, 0.5) is 10.1 Å². The van der Waals surface area contributed by atoms with Crippen molar-refractivity contribution in [3.05, 3.63) is 51.4 Å². The van der Waals surface area contributed by atoms with E-state index >= 15 is 0 Å². The molecule has 0 saturated carbocycles. The van der Waals surface area contributed by atoms with E-state index in [1.165, 1.54) is 23.2 Å². The predicted molar refractivity (Wildman–Crippen MR) is 94.8 cm³/mol. The van der Waals surface area contributed by atoms with Crippen LogP contribution in [0.25, 0.3) is 10.9 Å². The molecule has 3 rings (SSSR count). The van der Waals surface area contributed by atoms with Crippen molar-refractivity contribution >= 4 is 27.9 Å². The predicted octanol–water partition coefficient (Wildman–Crippen LogP) is 4.23. The number of aryl methyl sites for hydroxylation is 2. The van der Waals surface area contributed by atoms with Gasteiger partial charge in [-0.25, -0.2) is 9.37 Å². The van der Waals surface area contributed by atoms with Crippen molar-refractivity contribution in [3.8, 4) is 6.07 Å². The maximum Gasteiger partial charge on any atom is 0.124 e. The van der Waals surface area contributed by atoms with E-state index < -0.39 is 0 Å². The summed E-state index contributed by atoms with van der Waals surface area (Å²) in [5.74, 6) is -0.326. The van der Waals surface area contributed by atoms with Gasteiger partial charge in [-0.1, -0.05) is 6.92 Å². The molecular weight excluding hydrogens is 323 g/mol. The third kappa shape index (κ3) is 3.22. The first kappa shape index (κ1) is 16.3. The number of hydrogen-bond acceptors (Lipinski definition) is 5. The Balaban J connectivity index is 1.88. The molecule has 3 aromatic rings. The van der Waals surface area contributed by atoms with E-state index in [1.807, 2.05) is 13.1 Å². The van der Waals surface area contributed by atoms with Gasteiger partial charge in [0.1, 0.15) is 11.9 Å². The molecule has 6 heteroatoms. The van der Waals surface area contributed by atoms with Gasteiger partial charge >= 0.3 is 0 Å². The molecule has 122 valence electrons. The van der Waals surface area contributed by atoms with Crippen molar-refractivity contribution in [1.29, 1.82) is 5.26 Å². The minimum atomic E-state index is -0.326. The fourth-order valence-electron chi connectivity index (χ4n) is 2.63. The summed E-state index contributed by atoms with van der Waals surface area (Å²) in [6.07, 6.45) is 5.18. The zero-order valence-electron chi connectivity index (χ0n) is 13.6. The van der Waals surface area contributed by atoms with Crippen LogP contribution in [0, 0.1) is 24.1 Å². The third-order valence-corrected chi connectivity index (χ3v) is 5.04. The van der Waals surface area contributed by atoms with Crippen LogP contribution in [0.5, 0.6) is 0 Å². The van der Waals surface area contributed by atoms with Crippen LogP contribution in [0.3, 0.4) is 0 Å². The SMILES string of the molecule is CCc1cnc(CCNc2c(C#N)cnc3c(C)cc(F)cc23)s1. The number of thiazole rings is 1. The molecule has 0 fully saturated rings. The molecule has 2 aromatic heterocycles. The van der Waals surface area contributed by atoms with Crippen LogP contribution in [0.15, 0.2) is 24.5 Å². The third-order valence-electron chi connectivity index (χ3n) is 3.84. The number of anilines is 1. The Kier molecular flexibility index (Phi) is 4.72. The van der Waals surface area contributed by atoms with Gasteiger partial charge in [-0.3, -0.25) is 4.98 Å². The summed E-state index contributed by atoms with van der Waals surface area (Å²) in [7, 11) is 0. The first-order valence-corrected chi connectivity index (χ1v) is 8.60. The van der Waals surface area contributed by atoms with Crippen molar-refractivity contribution in [2.24, 2.45) is 0 Å². The summed E-state index contributed by atoms with van der Waals surface area (Å²) in [5.41, 5.74) is 2.52. The molecule has 4 nitrogen and oxygen atoms in total. The molecule has 0 aliphatic rings. The van der Waals surface area contributed by atoms with Gasteiger partial charge in [0.25, 0.3) is 0 Å². The first-order valence-electron chi connectivity index (χ1n) is 7.78. The van der Waals surface area contributed by atoms with Crippen molar-refractivity contribution in [3.63, 3.8) is 0 Å². The Hall–Kier alpha value is -2.52. The van der Waals surface area contributed by atoms with Gasteiger partial charge < -0.3 is 5.32 Å². The maximum absolute atomic E-state index is 13.8. The van der Waals surface area contributed by atoms with E-state index in [0.717, 1.165) is 23.4 Å². The van der Waals surface area contributed by atoms with Crippen molar-refractivity contribution < 1.29 is 4.39 Å². The Morgan fingerprint density at radius 2 is 2.12 bits per heavy atom. The lowest BCUT2D eigenvalue weighted by Gasteiger charge is -2.12. The van der Waals surface area contributed by atoms with Crippen LogP contribution >= 0.6 is 11.3 Å². The van der Waals surface area contributed by atoms with E-state index in [-0.39, 0.29) is 5.82 Å². The van der Waals surface area contributed by atoms with E-state index in [9.17, 15) is 9.65 Å². The molecule has 0 saturated heterocycles. The monoisotopic (exact) mass is 340 g/mol. The molecule has 0 spiro atoms. The van der Waals surface area contributed by atoms with E-state index in [2.05, 4.69) is 28.3 Å². The zero-order valence-corrected chi connectivity index (χ0v) is 14.4. The molecule has 0 aliphatic heterocycles. The molecule has 1 N–H and O–H groups in total. The highest BCUT2D eigenvalue weighted by Gasteiger charge is 2.12. The van der Waals surface area contributed by atoms with Crippen LogP contribution in [0.2, 0.25) is 0 Å². The van der Waals surface area contributed by atoms with Gasteiger partial charge in [0.15, 0.2) is 0 Å². The number of rotatable bonds is 5. The number of nitrogens with zero attached hydrogens (tertiary/aromatic N) is 3. The Morgan fingerprint density at radius 3 is 2.83 bits per heavy atom. The number of fused-ring (bicyclic) bond motifs is 1. The quantitative estimate of drug-likeness (QED) is 0.755. The topological polar surface area (TPSA) is 61.6 Å². The Labute approximate surface area is 144 Å². The molecule has 0 unspecified atom stereocenters. The van der Waals surface area contributed by atoms with E-state index in [4.69, 9.17) is 0 Å². The van der Waals surface area contributed by atoms with Gasteiger partial charge in [0, 0.05) is 35.6 Å². The van der Waals surface area contributed by atoms with Crippen LogP contribution < -0.4 is 5.32 Å². The van der Waals surface area contributed by atoms with Gasteiger partial charge in [-0.15, -0.1) is 11.3 Å². The van der Waals surface area contributed by atoms with Gasteiger partial charge in [-0.05, 0) is 31.0 Å². The fourth-order valence-corrected chi connectivity index (χ4v) is 3.49. The first-order chi connectivity index (χ1) is 11.6. The number of pyridine rings is 1. The second-order valence-corrected chi connectivity index (χ2v) is 6.73. The number of halogens is 1. The smallest absolute Gasteiger partial charge is 0.124 e. The highest BCUT2D eigenvalue weighted by Crippen LogP contribution is 2.28. The summed E-state index contributed by atoms with van der Waals surface area (Å²) in [6, 6.07) is 5.01. The largest absolute Gasteiger partial charge is 0.383 e. The molecular formula is C18H17FN4S.